The number of methoxy groups -OCH3 is 1. The minimum atomic E-state index is -0.169. The normalized spacial score (nSPS) is 10.8. The van der Waals surface area contributed by atoms with Gasteiger partial charge in [0.2, 0.25) is 11.7 Å². The van der Waals surface area contributed by atoms with Crippen LogP contribution in [0.15, 0.2) is 53.1 Å². The molecule has 0 unspecified atom stereocenters. The summed E-state index contributed by atoms with van der Waals surface area (Å²) >= 11 is 12.2. The van der Waals surface area contributed by atoms with E-state index in [2.05, 4.69) is 10.1 Å². The van der Waals surface area contributed by atoms with Gasteiger partial charge in [0.15, 0.2) is 0 Å². The molecule has 0 radical (unpaired) electrons. The lowest BCUT2D eigenvalue weighted by Crippen LogP contribution is -2.35. The third kappa shape index (κ3) is 5.10. The topological polar surface area (TPSA) is 68.5 Å². The van der Waals surface area contributed by atoms with Crippen LogP contribution < -0.4 is 0 Å². The fourth-order valence-corrected chi connectivity index (χ4v) is 3.06. The maximum atomic E-state index is 12.9. The van der Waals surface area contributed by atoms with Crippen molar-refractivity contribution in [3.63, 3.8) is 0 Å². The van der Waals surface area contributed by atoms with Gasteiger partial charge in [0, 0.05) is 37.2 Å². The largest absolute Gasteiger partial charge is 0.383 e. The number of rotatable bonds is 8. The number of carbonyl (C=O) groups excluding carboxylic acids is 1. The number of carbonyl (C=O) groups is 1. The highest BCUT2D eigenvalue weighted by atomic mass is 35.5. The second kappa shape index (κ2) is 9.68. The van der Waals surface area contributed by atoms with Gasteiger partial charge in [0.1, 0.15) is 0 Å². The molecule has 1 heterocycles. The first-order valence-corrected chi connectivity index (χ1v) is 9.45. The molecule has 1 aromatic heterocycles. The fraction of sp³-hybridized carbons (Fsp3) is 0.250. The monoisotopic (exact) mass is 419 g/mol. The lowest BCUT2D eigenvalue weighted by Gasteiger charge is -2.22. The van der Waals surface area contributed by atoms with E-state index in [1.54, 1.807) is 48.4 Å². The van der Waals surface area contributed by atoms with Crippen LogP contribution >= 0.6 is 23.2 Å². The molecule has 8 heteroatoms. The highest BCUT2D eigenvalue weighted by Crippen LogP contribution is 2.21. The molecule has 146 valence electrons. The number of hydrogen-bond acceptors (Lipinski definition) is 5. The number of amides is 1. The Kier molecular flexibility index (Phi) is 7.03. The molecule has 0 saturated heterocycles. The molecule has 2 aromatic carbocycles. The van der Waals surface area contributed by atoms with Gasteiger partial charge in [0.25, 0.3) is 5.91 Å². The van der Waals surface area contributed by atoms with Crippen LogP contribution in [0.25, 0.3) is 11.4 Å². The van der Waals surface area contributed by atoms with E-state index < -0.39 is 0 Å². The summed E-state index contributed by atoms with van der Waals surface area (Å²) < 4.78 is 10.4. The number of benzene rings is 2. The van der Waals surface area contributed by atoms with Crippen LogP contribution in [-0.4, -0.2) is 47.8 Å². The summed E-state index contributed by atoms with van der Waals surface area (Å²) in [6, 6.07) is 14.2. The van der Waals surface area contributed by atoms with Crippen LogP contribution in [0.1, 0.15) is 16.2 Å². The van der Waals surface area contributed by atoms with Crippen LogP contribution in [0.5, 0.6) is 0 Å². The van der Waals surface area contributed by atoms with Crippen LogP contribution in [0.2, 0.25) is 10.0 Å². The third-order valence-electron chi connectivity index (χ3n) is 4.10. The van der Waals surface area contributed by atoms with E-state index in [1.165, 1.54) is 0 Å². The molecule has 0 N–H and O–H groups in total. The Morgan fingerprint density at radius 3 is 2.71 bits per heavy atom. The zero-order valence-corrected chi connectivity index (χ0v) is 16.8. The Hall–Kier alpha value is -2.41. The first kappa shape index (κ1) is 20.3. The van der Waals surface area contributed by atoms with Crippen molar-refractivity contribution in [3.05, 3.63) is 70.0 Å². The summed E-state index contributed by atoms with van der Waals surface area (Å²) in [5.41, 5.74) is 1.22. The van der Waals surface area contributed by atoms with Gasteiger partial charge in [-0.25, -0.2) is 0 Å². The van der Waals surface area contributed by atoms with Crippen LogP contribution in [0, 0.1) is 0 Å². The SMILES string of the molecule is COCCN(CCc1nc(-c2cccc(Cl)c2)no1)C(=O)c1ccccc1Cl. The van der Waals surface area contributed by atoms with E-state index in [1.807, 2.05) is 12.1 Å². The highest BCUT2D eigenvalue weighted by molar-refractivity contribution is 6.33. The minimum absolute atomic E-state index is 0.169. The van der Waals surface area contributed by atoms with Crippen LogP contribution in [-0.2, 0) is 11.2 Å². The van der Waals surface area contributed by atoms with E-state index in [0.29, 0.717) is 53.4 Å². The predicted octanol–water partition coefficient (Wildman–Crippen LogP) is 4.37. The third-order valence-corrected chi connectivity index (χ3v) is 4.67. The second-order valence-electron chi connectivity index (χ2n) is 6.04. The molecule has 0 aliphatic rings. The zero-order chi connectivity index (χ0) is 19.9. The summed E-state index contributed by atoms with van der Waals surface area (Å²) in [5.74, 6) is 0.722. The molecular weight excluding hydrogens is 401 g/mol. The number of hydrogen-bond donors (Lipinski definition) is 0. The molecule has 0 aliphatic heterocycles. The van der Waals surface area contributed by atoms with Gasteiger partial charge in [-0.15, -0.1) is 0 Å². The Balaban J connectivity index is 1.70. The molecule has 3 aromatic rings. The molecular formula is C20H19Cl2N3O3. The van der Waals surface area contributed by atoms with E-state index in [0.717, 1.165) is 5.56 Å². The van der Waals surface area contributed by atoms with Crippen molar-refractivity contribution in [1.82, 2.24) is 15.0 Å². The molecule has 1 amide bonds. The predicted molar refractivity (Wildman–Crippen MR) is 108 cm³/mol. The minimum Gasteiger partial charge on any atom is -0.383 e. The number of nitrogens with zero attached hydrogens (tertiary/aromatic N) is 3. The van der Waals surface area contributed by atoms with Gasteiger partial charge in [-0.2, -0.15) is 4.98 Å². The second-order valence-corrected chi connectivity index (χ2v) is 6.88. The number of aromatic nitrogens is 2. The van der Waals surface area contributed by atoms with Crippen molar-refractivity contribution < 1.29 is 14.1 Å². The highest BCUT2D eigenvalue weighted by Gasteiger charge is 2.19. The van der Waals surface area contributed by atoms with E-state index in [-0.39, 0.29) is 5.91 Å². The molecule has 6 nitrogen and oxygen atoms in total. The maximum Gasteiger partial charge on any atom is 0.255 e. The quantitative estimate of drug-likeness (QED) is 0.541. The lowest BCUT2D eigenvalue weighted by molar-refractivity contribution is 0.0694. The molecule has 0 saturated carbocycles. The average molecular weight is 420 g/mol. The summed E-state index contributed by atoms with van der Waals surface area (Å²) in [4.78, 5) is 18.9. The first-order chi connectivity index (χ1) is 13.6. The Labute approximate surface area is 173 Å². The Morgan fingerprint density at radius 2 is 1.96 bits per heavy atom. The lowest BCUT2D eigenvalue weighted by atomic mass is 10.2. The van der Waals surface area contributed by atoms with E-state index >= 15 is 0 Å². The molecule has 0 atom stereocenters. The number of halogens is 2. The molecule has 3 rings (SSSR count). The summed E-state index contributed by atoms with van der Waals surface area (Å²) in [6.07, 6.45) is 0.410. The summed E-state index contributed by atoms with van der Waals surface area (Å²) in [6.45, 7) is 1.23. The maximum absolute atomic E-state index is 12.9. The Morgan fingerprint density at radius 1 is 1.14 bits per heavy atom. The smallest absolute Gasteiger partial charge is 0.255 e. The van der Waals surface area contributed by atoms with Crippen molar-refractivity contribution in [2.45, 2.75) is 6.42 Å². The number of ether oxygens (including phenoxy) is 1. The molecule has 28 heavy (non-hydrogen) atoms. The van der Waals surface area contributed by atoms with Crippen molar-refractivity contribution in [2.75, 3.05) is 26.8 Å². The molecule has 0 bridgehead atoms. The van der Waals surface area contributed by atoms with Crippen molar-refractivity contribution >= 4 is 29.1 Å². The van der Waals surface area contributed by atoms with E-state index in [4.69, 9.17) is 32.5 Å². The van der Waals surface area contributed by atoms with Crippen molar-refractivity contribution in [2.24, 2.45) is 0 Å². The summed E-state index contributed by atoms with van der Waals surface area (Å²) in [7, 11) is 1.59. The van der Waals surface area contributed by atoms with Crippen molar-refractivity contribution in [1.29, 1.82) is 0 Å². The van der Waals surface area contributed by atoms with Gasteiger partial charge >= 0.3 is 0 Å². The standard InChI is InChI=1S/C20H19Cl2N3O3/c1-27-12-11-25(20(26)16-7-2-3-8-17(16)22)10-9-18-23-19(24-28-18)14-5-4-6-15(21)13-14/h2-8,13H,9-12H2,1H3. The fourth-order valence-electron chi connectivity index (χ4n) is 2.65. The molecule has 0 spiro atoms. The Bertz CT molecular complexity index is 946. The van der Waals surface area contributed by atoms with Gasteiger partial charge in [-0.05, 0) is 24.3 Å². The van der Waals surface area contributed by atoms with Crippen LogP contribution in [0.3, 0.4) is 0 Å². The van der Waals surface area contributed by atoms with Crippen LogP contribution in [0.4, 0.5) is 0 Å². The molecule has 0 aliphatic carbocycles. The van der Waals surface area contributed by atoms with Gasteiger partial charge in [-0.3, -0.25) is 4.79 Å². The van der Waals surface area contributed by atoms with E-state index in [9.17, 15) is 4.79 Å². The van der Waals surface area contributed by atoms with Gasteiger partial charge in [0.05, 0.1) is 17.2 Å². The van der Waals surface area contributed by atoms with Gasteiger partial charge in [-0.1, -0.05) is 52.6 Å². The van der Waals surface area contributed by atoms with Gasteiger partial charge < -0.3 is 14.2 Å². The first-order valence-electron chi connectivity index (χ1n) is 8.69. The van der Waals surface area contributed by atoms with Crippen molar-refractivity contribution in [3.8, 4) is 11.4 Å². The molecule has 0 fully saturated rings. The zero-order valence-electron chi connectivity index (χ0n) is 15.3. The summed E-state index contributed by atoms with van der Waals surface area (Å²) in [5, 5.41) is 5.00. The average Bonchev–Trinajstić information content (AvgIpc) is 3.17.